The zero-order valence-electron chi connectivity index (χ0n) is 10.2. The molecule has 0 N–H and O–H groups in total. The molecule has 0 saturated carbocycles. The van der Waals surface area contributed by atoms with Crippen molar-refractivity contribution < 1.29 is 9.31 Å². The van der Waals surface area contributed by atoms with E-state index in [4.69, 9.17) is 0 Å². The lowest BCUT2D eigenvalue weighted by Crippen LogP contribution is -2.24. The van der Waals surface area contributed by atoms with E-state index in [1.165, 1.54) is 15.3 Å². The molecule has 1 aromatic carbocycles. The number of nitro groups is 1. The van der Waals surface area contributed by atoms with Crippen LogP contribution >= 0.6 is 0 Å². The van der Waals surface area contributed by atoms with Crippen molar-refractivity contribution in [2.24, 2.45) is 0 Å². The summed E-state index contributed by atoms with van der Waals surface area (Å²) in [5.74, 6) is -0.566. The first kappa shape index (κ1) is 13.0. The number of aryl methyl sites for hydroxylation is 1. The van der Waals surface area contributed by atoms with Crippen LogP contribution in [-0.2, 0) is 13.1 Å². The smallest absolute Gasteiger partial charge is 0.300 e. The van der Waals surface area contributed by atoms with Crippen LogP contribution < -0.4 is 5.69 Å². The first-order valence-corrected chi connectivity index (χ1v) is 5.71. The van der Waals surface area contributed by atoms with Crippen LogP contribution in [-0.4, -0.2) is 14.1 Å². The van der Waals surface area contributed by atoms with Crippen LogP contribution in [0.4, 0.5) is 10.1 Å². The largest absolute Gasteiger partial charge is 0.328 e. The van der Waals surface area contributed by atoms with Crippen molar-refractivity contribution in [1.29, 1.82) is 0 Å². The Morgan fingerprint density at radius 1 is 1.32 bits per heavy atom. The van der Waals surface area contributed by atoms with Gasteiger partial charge in [0.05, 0.1) is 17.0 Å². The third-order valence-electron chi connectivity index (χ3n) is 2.84. The molecule has 1 aromatic heterocycles. The van der Waals surface area contributed by atoms with Gasteiger partial charge in [-0.2, -0.15) is 0 Å². The molecule has 100 valence electrons. The van der Waals surface area contributed by atoms with Crippen molar-refractivity contribution in [3.8, 4) is 0 Å². The molecule has 2 rings (SSSR count). The fraction of sp³-hybridized carbons (Fsp3) is 0.250. The molecule has 0 spiro atoms. The topological polar surface area (TPSA) is 70.1 Å². The molecule has 0 saturated heterocycles. The molecule has 7 heteroatoms. The van der Waals surface area contributed by atoms with Crippen LogP contribution in [0.2, 0.25) is 0 Å². The average molecular weight is 265 g/mol. The van der Waals surface area contributed by atoms with Crippen LogP contribution in [0.5, 0.6) is 0 Å². The number of aromatic nitrogens is 2. The second-order valence-corrected chi connectivity index (χ2v) is 4.02. The highest BCUT2D eigenvalue weighted by atomic mass is 19.1. The lowest BCUT2D eigenvalue weighted by atomic mass is 10.1. The van der Waals surface area contributed by atoms with Gasteiger partial charge in [-0.05, 0) is 19.1 Å². The predicted octanol–water partition coefficient (Wildman–Crippen LogP) is 1.77. The first-order chi connectivity index (χ1) is 9.02. The summed E-state index contributed by atoms with van der Waals surface area (Å²) in [6.07, 6.45) is 3.12. The van der Waals surface area contributed by atoms with Crippen LogP contribution in [0.25, 0.3) is 0 Å². The predicted molar refractivity (Wildman–Crippen MR) is 66.5 cm³/mol. The molecule has 0 unspecified atom stereocenters. The minimum Gasteiger partial charge on any atom is -0.300 e. The summed E-state index contributed by atoms with van der Waals surface area (Å²) in [5, 5.41) is 10.9. The van der Waals surface area contributed by atoms with Crippen molar-refractivity contribution in [2.45, 2.75) is 20.0 Å². The van der Waals surface area contributed by atoms with Crippen LogP contribution in [0.15, 0.2) is 35.4 Å². The highest BCUT2D eigenvalue weighted by molar-refractivity contribution is 5.40. The number of hydrogen-bond acceptors (Lipinski definition) is 3. The van der Waals surface area contributed by atoms with Crippen molar-refractivity contribution in [3.05, 3.63) is 62.6 Å². The summed E-state index contributed by atoms with van der Waals surface area (Å²) < 4.78 is 15.9. The van der Waals surface area contributed by atoms with Crippen LogP contribution in [0, 0.1) is 15.9 Å². The summed E-state index contributed by atoms with van der Waals surface area (Å²) in [5.41, 5.74) is -0.306. The SMILES string of the molecule is CCn1ccn(Cc2cc(F)ccc2[N+](=O)[O-])c1=O. The first-order valence-electron chi connectivity index (χ1n) is 5.71. The molecule has 0 atom stereocenters. The van der Waals surface area contributed by atoms with E-state index in [1.807, 2.05) is 6.92 Å². The minimum atomic E-state index is -0.587. The standard InChI is InChI=1S/C12H12FN3O3/c1-2-14-5-6-15(12(14)17)8-9-7-10(13)3-4-11(9)16(18)19/h3-7H,2,8H2,1H3. The molecule has 0 amide bonds. The minimum absolute atomic E-state index is 0.0279. The molecule has 0 aliphatic heterocycles. The van der Waals surface area contributed by atoms with Crippen LogP contribution in [0.3, 0.4) is 0 Å². The maximum Gasteiger partial charge on any atom is 0.328 e. The Bertz CT molecular complexity index is 675. The second-order valence-electron chi connectivity index (χ2n) is 4.02. The van der Waals surface area contributed by atoms with E-state index < -0.39 is 10.7 Å². The zero-order valence-corrected chi connectivity index (χ0v) is 10.2. The van der Waals surface area contributed by atoms with Gasteiger partial charge < -0.3 is 0 Å². The quantitative estimate of drug-likeness (QED) is 0.624. The molecular formula is C12H12FN3O3. The Kier molecular flexibility index (Phi) is 3.46. The second kappa shape index (κ2) is 5.05. The van der Waals surface area contributed by atoms with E-state index >= 15 is 0 Å². The van der Waals surface area contributed by atoms with Gasteiger partial charge in [0.1, 0.15) is 5.82 Å². The summed E-state index contributed by atoms with van der Waals surface area (Å²) in [4.78, 5) is 22.1. The number of nitrogens with zero attached hydrogens (tertiary/aromatic N) is 3. The molecule has 19 heavy (non-hydrogen) atoms. The molecule has 0 bridgehead atoms. The van der Waals surface area contributed by atoms with Gasteiger partial charge >= 0.3 is 5.69 Å². The van der Waals surface area contributed by atoms with Gasteiger partial charge in [-0.3, -0.25) is 19.2 Å². The van der Waals surface area contributed by atoms with Gasteiger partial charge in [-0.1, -0.05) is 0 Å². The Balaban J connectivity index is 2.42. The normalized spacial score (nSPS) is 10.6. The van der Waals surface area contributed by atoms with Gasteiger partial charge in [0.15, 0.2) is 0 Å². The Labute approximate surface area is 107 Å². The summed E-state index contributed by atoms with van der Waals surface area (Å²) in [6.45, 7) is 2.30. The summed E-state index contributed by atoms with van der Waals surface area (Å²) in [7, 11) is 0. The van der Waals surface area contributed by atoms with Gasteiger partial charge in [0.25, 0.3) is 5.69 Å². The number of hydrogen-bond donors (Lipinski definition) is 0. The third-order valence-corrected chi connectivity index (χ3v) is 2.84. The molecule has 0 fully saturated rings. The van der Waals surface area contributed by atoms with Gasteiger partial charge in [0, 0.05) is 25.0 Å². The highest BCUT2D eigenvalue weighted by Crippen LogP contribution is 2.20. The maximum absolute atomic E-state index is 13.2. The number of imidazole rings is 1. The van der Waals surface area contributed by atoms with Gasteiger partial charge in [-0.15, -0.1) is 0 Å². The van der Waals surface area contributed by atoms with Crippen LogP contribution in [0.1, 0.15) is 12.5 Å². The Morgan fingerprint density at radius 2 is 2.00 bits per heavy atom. The molecule has 0 radical (unpaired) electrons. The lowest BCUT2D eigenvalue weighted by molar-refractivity contribution is -0.385. The molecule has 6 nitrogen and oxygen atoms in total. The van der Waals surface area contributed by atoms with Gasteiger partial charge in [0.2, 0.25) is 0 Å². The zero-order chi connectivity index (χ0) is 14.0. The highest BCUT2D eigenvalue weighted by Gasteiger charge is 2.15. The van der Waals surface area contributed by atoms with E-state index in [9.17, 15) is 19.3 Å². The number of nitro benzene ring substituents is 1. The summed E-state index contributed by atoms with van der Waals surface area (Å²) >= 11 is 0. The summed E-state index contributed by atoms with van der Waals surface area (Å²) in [6, 6.07) is 3.21. The number of benzene rings is 1. The molecule has 2 aromatic rings. The van der Waals surface area contributed by atoms with Crippen molar-refractivity contribution in [3.63, 3.8) is 0 Å². The third kappa shape index (κ3) is 2.54. The lowest BCUT2D eigenvalue weighted by Gasteiger charge is -2.04. The van der Waals surface area contributed by atoms with Crippen molar-refractivity contribution >= 4 is 5.69 Å². The van der Waals surface area contributed by atoms with Crippen molar-refractivity contribution in [1.82, 2.24) is 9.13 Å². The number of rotatable bonds is 4. The fourth-order valence-electron chi connectivity index (χ4n) is 1.86. The van der Waals surface area contributed by atoms with E-state index in [1.54, 1.807) is 6.20 Å². The maximum atomic E-state index is 13.2. The Morgan fingerprint density at radius 3 is 2.58 bits per heavy atom. The van der Waals surface area contributed by atoms with Gasteiger partial charge in [-0.25, -0.2) is 9.18 Å². The fourth-order valence-corrected chi connectivity index (χ4v) is 1.86. The number of halogens is 1. The average Bonchev–Trinajstić information content (AvgIpc) is 2.70. The molecule has 0 aliphatic carbocycles. The van der Waals surface area contributed by atoms with E-state index in [2.05, 4.69) is 0 Å². The van der Waals surface area contributed by atoms with E-state index in [0.29, 0.717) is 6.54 Å². The monoisotopic (exact) mass is 265 g/mol. The molecular weight excluding hydrogens is 253 g/mol. The molecule has 1 heterocycles. The van der Waals surface area contributed by atoms with E-state index in [0.717, 1.165) is 18.2 Å². The van der Waals surface area contributed by atoms with E-state index in [-0.39, 0.29) is 23.5 Å². The molecule has 0 aliphatic rings. The Hall–Kier alpha value is -2.44. The van der Waals surface area contributed by atoms with Crippen molar-refractivity contribution in [2.75, 3.05) is 0 Å².